The Balaban J connectivity index is 2.36. The van der Waals surface area contributed by atoms with Crippen LogP contribution in [0.25, 0.3) is 0 Å². The third-order valence-corrected chi connectivity index (χ3v) is 2.81. The molecule has 1 aliphatic rings. The van der Waals surface area contributed by atoms with Gasteiger partial charge in [-0.05, 0) is 6.42 Å². The second-order valence-corrected chi connectivity index (χ2v) is 3.97. The number of amides is 1. The third-order valence-electron chi connectivity index (χ3n) is 2.81. The third kappa shape index (κ3) is 1.70. The van der Waals surface area contributed by atoms with Crippen molar-refractivity contribution in [2.75, 3.05) is 11.9 Å². The van der Waals surface area contributed by atoms with Crippen LogP contribution in [0.15, 0.2) is 4.79 Å². The summed E-state index contributed by atoms with van der Waals surface area (Å²) in [5.74, 6) is 0.713. The topological polar surface area (TPSA) is 68.1 Å². The Kier molecular flexibility index (Phi) is 2.72. The molecule has 0 aromatic carbocycles. The molecule has 0 saturated heterocycles. The predicted octanol–water partition coefficient (Wildman–Crippen LogP) is -0.362. The molecule has 0 saturated carbocycles. The lowest BCUT2D eigenvalue weighted by molar-refractivity contribution is -0.119. The molecule has 0 radical (unpaired) electrons. The van der Waals surface area contributed by atoms with E-state index in [1.807, 2.05) is 4.68 Å². The average molecular weight is 224 g/mol. The molecule has 2 rings (SSSR count). The zero-order valence-electron chi connectivity index (χ0n) is 9.54. The van der Waals surface area contributed by atoms with Crippen LogP contribution in [0.3, 0.4) is 0 Å². The predicted molar refractivity (Wildman–Crippen MR) is 60.3 cm³/mol. The average Bonchev–Trinajstić information content (AvgIpc) is 2.50. The summed E-state index contributed by atoms with van der Waals surface area (Å²) in [4.78, 5) is 22.8. The summed E-state index contributed by atoms with van der Waals surface area (Å²) < 4.78 is 3.52. The first-order chi connectivity index (χ1) is 7.61. The Morgan fingerprint density at radius 2 is 2.31 bits per heavy atom. The van der Waals surface area contributed by atoms with Gasteiger partial charge in [-0.2, -0.15) is 0 Å². The van der Waals surface area contributed by atoms with Gasteiger partial charge in [-0.25, -0.2) is 0 Å². The van der Waals surface area contributed by atoms with E-state index in [4.69, 9.17) is 0 Å². The number of rotatable bonds is 2. The van der Waals surface area contributed by atoms with Gasteiger partial charge in [0.15, 0.2) is 0 Å². The van der Waals surface area contributed by atoms with Crippen LogP contribution in [-0.2, 0) is 24.9 Å². The van der Waals surface area contributed by atoms with Gasteiger partial charge in [-0.15, -0.1) is 0 Å². The number of anilines is 1. The number of carbonyl (C=O) groups is 1. The summed E-state index contributed by atoms with van der Waals surface area (Å²) >= 11 is 0. The normalized spacial score (nSPS) is 14.1. The molecular weight excluding hydrogens is 208 g/mol. The quantitative estimate of drug-likeness (QED) is 0.720. The zero-order valence-corrected chi connectivity index (χ0v) is 9.54. The highest BCUT2D eigenvalue weighted by atomic mass is 16.1. The van der Waals surface area contributed by atoms with Gasteiger partial charge in [-0.1, -0.05) is 0 Å². The van der Waals surface area contributed by atoms with Gasteiger partial charge in [-0.3, -0.25) is 19.0 Å². The van der Waals surface area contributed by atoms with Crippen molar-refractivity contribution in [1.29, 1.82) is 0 Å². The Hall–Kier alpha value is -1.72. The van der Waals surface area contributed by atoms with Crippen LogP contribution in [0.4, 0.5) is 5.82 Å². The van der Waals surface area contributed by atoms with Crippen molar-refractivity contribution in [2.24, 2.45) is 7.05 Å². The van der Waals surface area contributed by atoms with E-state index in [0.717, 1.165) is 25.3 Å². The van der Waals surface area contributed by atoms with E-state index in [0.29, 0.717) is 5.56 Å². The van der Waals surface area contributed by atoms with E-state index < -0.39 is 0 Å². The van der Waals surface area contributed by atoms with Crippen LogP contribution >= 0.6 is 0 Å². The minimum Gasteiger partial charge on any atom is -0.370 e. The van der Waals surface area contributed by atoms with E-state index in [1.54, 1.807) is 11.7 Å². The molecule has 6 heteroatoms. The van der Waals surface area contributed by atoms with Gasteiger partial charge < -0.3 is 10.6 Å². The molecule has 16 heavy (non-hydrogen) atoms. The molecule has 1 aromatic rings. The van der Waals surface area contributed by atoms with Crippen molar-refractivity contribution in [3.05, 3.63) is 15.9 Å². The van der Waals surface area contributed by atoms with Gasteiger partial charge in [0.2, 0.25) is 5.91 Å². The maximum atomic E-state index is 11.9. The number of fused-ring (bicyclic) bond motifs is 1. The second-order valence-electron chi connectivity index (χ2n) is 3.97. The molecule has 0 fully saturated rings. The minimum absolute atomic E-state index is 0.0434. The summed E-state index contributed by atoms with van der Waals surface area (Å²) in [6.07, 6.45) is 1.01. The molecule has 0 unspecified atom stereocenters. The Bertz CT molecular complexity index is 472. The maximum Gasteiger partial charge on any atom is 0.273 e. The maximum absolute atomic E-state index is 11.9. The zero-order chi connectivity index (χ0) is 11.7. The van der Waals surface area contributed by atoms with E-state index in [1.165, 1.54) is 6.92 Å². The van der Waals surface area contributed by atoms with Crippen molar-refractivity contribution in [2.45, 2.75) is 26.4 Å². The molecule has 2 heterocycles. The largest absolute Gasteiger partial charge is 0.370 e. The highest BCUT2D eigenvalue weighted by Gasteiger charge is 2.20. The standard InChI is InChI=1S/C10H16N4O2/c1-7(15)12-6-8-9-11-4-3-5-14(9)13(2)10(8)16/h11H,3-6H2,1-2H3,(H,12,15). The summed E-state index contributed by atoms with van der Waals surface area (Å²) in [6, 6.07) is 0. The SMILES string of the molecule is CC(=O)NCc1c2n(n(C)c1=O)CCCN2. The van der Waals surface area contributed by atoms with Gasteiger partial charge >= 0.3 is 0 Å². The fourth-order valence-corrected chi connectivity index (χ4v) is 1.98. The van der Waals surface area contributed by atoms with Crippen LogP contribution in [0.5, 0.6) is 0 Å². The number of nitrogens with zero attached hydrogens (tertiary/aromatic N) is 2. The number of nitrogens with one attached hydrogen (secondary N) is 2. The summed E-state index contributed by atoms with van der Waals surface area (Å²) in [7, 11) is 1.75. The van der Waals surface area contributed by atoms with Crippen LogP contribution in [-0.4, -0.2) is 21.8 Å². The minimum atomic E-state index is -0.127. The van der Waals surface area contributed by atoms with Crippen LogP contribution in [0.2, 0.25) is 0 Å². The van der Waals surface area contributed by atoms with Crippen molar-refractivity contribution < 1.29 is 4.79 Å². The monoisotopic (exact) mass is 224 g/mol. The fraction of sp³-hybridized carbons (Fsp3) is 0.600. The number of hydrogen-bond acceptors (Lipinski definition) is 3. The molecule has 0 aliphatic carbocycles. The number of carbonyl (C=O) groups excluding carboxylic acids is 1. The smallest absolute Gasteiger partial charge is 0.273 e. The lowest BCUT2D eigenvalue weighted by Crippen LogP contribution is -2.25. The Morgan fingerprint density at radius 3 is 3.00 bits per heavy atom. The Morgan fingerprint density at radius 1 is 1.56 bits per heavy atom. The molecule has 1 aliphatic heterocycles. The van der Waals surface area contributed by atoms with Gasteiger partial charge in [0.05, 0.1) is 12.1 Å². The first kappa shape index (κ1) is 10.8. The van der Waals surface area contributed by atoms with Crippen molar-refractivity contribution in [3.8, 4) is 0 Å². The van der Waals surface area contributed by atoms with Gasteiger partial charge in [0.1, 0.15) is 5.82 Å². The molecule has 1 aromatic heterocycles. The summed E-state index contributed by atoms with van der Waals surface area (Å²) in [5.41, 5.74) is 0.593. The molecule has 0 spiro atoms. The molecule has 0 bridgehead atoms. The van der Waals surface area contributed by atoms with Crippen LogP contribution in [0.1, 0.15) is 18.9 Å². The lowest BCUT2D eigenvalue weighted by Gasteiger charge is -2.19. The first-order valence-electron chi connectivity index (χ1n) is 5.38. The molecule has 1 amide bonds. The second kappa shape index (κ2) is 4.03. The summed E-state index contributed by atoms with van der Waals surface area (Å²) in [6.45, 7) is 3.45. The molecule has 88 valence electrons. The highest BCUT2D eigenvalue weighted by Crippen LogP contribution is 2.16. The van der Waals surface area contributed by atoms with E-state index in [9.17, 15) is 9.59 Å². The fourth-order valence-electron chi connectivity index (χ4n) is 1.98. The summed E-state index contributed by atoms with van der Waals surface area (Å²) in [5, 5.41) is 5.87. The Labute approximate surface area is 93.2 Å². The molecular formula is C10H16N4O2. The number of aromatic nitrogens is 2. The molecule has 6 nitrogen and oxygen atoms in total. The van der Waals surface area contributed by atoms with Crippen LogP contribution < -0.4 is 16.2 Å². The molecule has 0 atom stereocenters. The van der Waals surface area contributed by atoms with Crippen molar-refractivity contribution >= 4 is 11.7 Å². The van der Waals surface area contributed by atoms with Gasteiger partial charge in [0.25, 0.3) is 5.56 Å². The van der Waals surface area contributed by atoms with E-state index in [2.05, 4.69) is 10.6 Å². The van der Waals surface area contributed by atoms with Crippen molar-refractivity contribution in [3.63, 3.8) is 0 Å². The van der Waals surface area contributed by atoms with Crippen molar-refractivity contribution in [1.82, 2.24) is 14.7 Å². The van der Waals surface area contributed by atoms with Crippen LogP contribution in [0, 0.1) is 0 Å². The first-order valence-corrected chi connectivity index (χ1v) is 5.38. The molecule has 2 N–H and O–H groups in total. The van der Waals surface area contributed by atoms with E-state index >= 15 is 0 Å². The highest BCUT2D eigenvalue weighted by molar-refractivity contribution is 5.73. The lowest BCUT2D eigenvalue weighted by atomic mass is 10.2. The number of hydrogen-bond donors (Lipinski definition) is 2. The van der Waals surface area contributed by atoms with Gasteiger partial charge in [0, 0.05) is 27.1 Å². The van der Waals surface area contributed by atoms with E-state index in [-0.39, 0.29) is 18.0 Å².